The Morgan fingerprint density at radius 2 is 2.33 bits per heavy atom. The number of piperidine rings is 1. The topological polar surface area (TPSA) is 79.2 Å². The fourth-order valence-electron chi connectivity index (χ4n) is 2.55. The lowest BCUT2D eigenvalue weighted by atomic mass is 10.0. The van der Waals surface area contributed by atoms with Crippen LogP contribution in [0.4, 0.5) is 5.13 Å². The Labute approximate surface area is 126 Å². The average molecular weight is 304 g/mol. The zero-order valence-electron chi connectivity index (χ0n) is 11.7. The number of rotatable bonds is 3. The quantitative estimate of drug-likeness (QED) is 0.938. The smallest absolute Gasteiger partial charge is 0.348 e. The summed E-state index contributed by atoms with van der Waals surface area (Å²) in [6, 6.07) is 0. The van der Waals surface area contributed by atoms with Crippen LogP contribution < -0.4 is 4.90 Å². The fraction of sp³-hybridized carbons (Fsp3) is 0.429. The second-order valence-corrected chi connectivity index (χ2v) is 6.24. The van der Waals surface area contributed by atoms with Crippen LogP contribution in [0.3, 0.4) is 0 Å². The molecular formula is C14H16N4O2S. The molecule has 1 saturated heterocycles. The second-order valence-electron chi connectivity index (χ2n) is 5.26. The van der Waals surface area contributed by atoms with E-state index < -0.39 is 5.97 Å². The normalized spacial score (nSPS) is 18.7. The number of aromatic nitrogens is 3. The minimum Gasteiger partial charge on any atom is -0.477 e. The Morgan fingerprint density at radius 1 is 1.48 bits per heavy atom. The maximum absolute atomic E-state index is 11.5. The van der Waals surface area contributed by atoms with E-state index in [9.17, 15) is 9.90 Å². The number of carbonyl (C=O) groups is 1. The first kappa shape index (κ1) is 13.9. The van der Waals surface area contributed by atoms with Crippen LogP contribution >= 0.6 is 11.3 Å². The Bertz CT molecular complexity index is 644. The molecule has 0 radical (unpaired) electrons. The molecule has 0 aliphatic carbocycles. The van der Waals surface area contributed by atoms with Crippen LogP contribution in [0.5, 0.6) is 0 Å². The minimum absolute atomic E-state index is 0.226. The second kappa shape index (κ2) is 5.77. The van der Waals surface area contributed by atoms with Gasteiger partial charge in [-0.3, -0.25) is 9.97 Å². The first-order valence-corrected chi connectivity index (χ1v) is 7.72. The van der Waals surface area contributed by atoms with Crippen LogP contribution in [-0.2, 0) is 0 Å². The van der Waals surface area contributed by atoms with Gasteiger partial charge in [0.1, 0.15) is 16.3 Å². The van der Waals surface area contributed by atoms with E-state index in [0.717, 1.165) is 24.6 Å². The first-order valence-electron chi connectivity index (χ1n) is 6.90. The Balaban J connectivity index is 1.99. The lowest BCUT2D eigenvalue weighted by Gasteiger charge is -2.30. The molecule has 0 amide bonds. The number of nitrogens with zero attached hydrogens (tertiary/aromatic N) is 4. The van der Waals surface area contributed by atoms with Gasteiger partial charge in [-0.15, -0.1) is 0 Å². The van der Waals surface area contributed by atoms with E-state index in [1.165, 1.54) is 17.8 Å². The zero-order valence-corrected chi connectivity index (χ0v) is 12.5. The molecule has 3 rings (SSSR count). The summed E-state index contributed by atoms with van der Waals surface area (Å²) in [6.07, 6.45) is 6.98. The molecule has 0 saturated carbocycles. The monoisotopic (exact) mass is 304 g/mol. The van der Waals surface area contributed by atoms with E-state index in [4.69, 9.17) is 0 Å². The third kappa shape index (κ3) is 2.87. The van der Waals surface area contributed by atoms with Gasteiger partial charge in [-0.2, -0.15) is 0 Å². The predicted molar refractivity (Wildman–Crippen MR) is 80.7 cm³/mol. The van der Waals surface area contributed by atoms with Gasteiger partial charge in [0.2, 0.25) is 0 Å². The molecule has 0 aromatic carbocycles. The molecule has 7 heteroatoms. The number of anilines is 1. The highest BCUT2D eigenvalue weighted by molar-refractivity contribution is 7.17. The third-order valence-electron chi connectivity index (χ3n) is 3.54. The van der Waals surface area contributed by atoms with Crippen molar-refractivity contribution < 1.29 is 9.90 Å². The van der Waals surface area contributed by atoms with Crippen LogP contribution in [0, 0.1) is 5.92 Å². The maximum Gasteiger partial charge on any atom is 0.348 e. The molecule has 1 aliphatic rings. The van der Waals surface area contributed by atoms with Gasteiger partial charge >= 0.3 is 5.97 Å². The summed E-state index contributed by atoms with van der Waals surface area (Å²) in [6.45, 7) is 4.06. The largest absolute Gasteiger partial charge is 0.477 e. The van der Waals surface area contributed by atoms with E-state index in [0.29, 0.717) is 17.3 Å². The van der Waals surface area contributed by atoms with Crippen LogP contribution in [-0.4, -0.2) is 39.1 Å². The average Bonchev–Trinajstić information content (AvgIpc) is 2.93. The number of hydrogen-bond donors (Lipinski definition) is 1. The van der Waals surface area contributed by atoms with E-state index in [2.05, 4.69) is 26.8 Å². The van der Waals surface area contributed by atoms with Gasteiger partial charge in [-0.25, -0.2) is 9.78 Å². The molecule has 1 fully saturated rings. The van der Waals surface area contributed by atoms with Crippen molar-refractivity contribution in [2.75, 3.05) is 18.0 Å². The molecule has 1 N–H and O–H groups in total. The summed E-state index contributed by atoms with van der Waals surface area (Å²) in [4.78, 5) is 26.5. The number of aromatic carboxylic acids is 1. The minimum atomic E-state index is -0.968. The third-order valence-corrected chi connectivity index (χ3v) is 4.65. The van der Waals surface area contributed by atoms with Gasteiger partial charge < -0.3 is 10.0 Å². The molecule has 3 heterocycles. The van der Waals surface area contributed by atoms with Gasteiger partial charge in [-0.1, -0.05) is 18.3 Å². The summed E-state index contributed by atoms with van der Waals surface area (Å²) >= 11 is 1.22. The standard InChI is InChI=1S/C14H16N4O2S/c1-9-3-2-6-18(8-9)14-17-11(12(21-14)13(19)20)10-7-15-4-5-16-10/h4-5,7,9H,2-3,6,8H2,1H3,(H,19,20). The van der Waals surface area contributed by atoms with Crippen LogP contribution in [0.25, 0.3) is 11.4 Å². The predicted octanol–water partition coefficient (Wildman–Crippen LogP) is 2.53. The summed E-state index contributed by atoms with van der Waals surface area (Å²) < 4.78 is 0. The highest BCUT2D eigenvalue weighted by atomic mass is 32.1. The molecule has 2 aromatic heterocycles. The van der Waals surface area contributed by atoms with E-state index in [1.54, 1.807) is 18.6 Å². The molecule has 110 valence electrons. The molecule has 1 unspecified atom stereocenters. The highest BCUT2D eigenvalue weighted by Crippen LogP contribution is 2.33. The molecule has 21 heavy (non-hydrogen) atoms. The number of carboxylic acids is 1. The molecule has 0 spiro atoms. The zero-order chi connectivity index (χ0) is 14.8. The number of carboxylic acid groups (broad SMARTS) is 1. The van der Waals surface area contributed by atoms with Crippen molar-refractivity contribution in [1.82, 2.24) is 15.0 Å². The Hall–Kier alpha value is -2.02. The SMILES string of the molecule is CC1CCCN(c2nc(-c3cnccn3)c(C(=O)O)s2)C1. The summed E-state index contributed by atoms with van der Waals surface area (Å²) in [5.41, 5.74) is 0.913. The fourth-order valence-corrected chi connectivity index (χ4v) is 3.50. The molecule has 2 aromatic rings. The molecule has 6 nitrogen and oxygen atoms in total. The van der Waals surface area contributed by atoms with Crippen molar-refractivity contribution in [2.24, 2.45) is 5.92 Å². The summed E-state index contributed by atoms with van der Waals surface area (Å²) in [5, 5.41) is 10.2. The van der Waals surface area contributed by atoms with Crippen molar-refractivity contribution in [3.05, 3.63) is 23.5 Å². The highest BCUT2D eigenvalue weighted by Gasteiger charge is 2.25. The van der Waals surface area contributed by atoms with Crippen molar-refractivity contribution in [2.45, 2.75) is 19.8 Å². The van der Waals surface area contributed by atoms with Crippen molar-refractivity contribution in [1.29, 1.82) is 0 Å². The molecule has 0 bridgehead atoms. The number of hydrogen-bond acceptors (Lipinski definition) is 6. The lowest BCUT2D eigenvalue weighted by molar-refractivity contribution is 0.0702. The van der Waals surface area contributed by atoms with Gasteiger partial charge in [0.15, 0.2) is 5.13 Å². The van der Waals surface area contributed by atoms with Crippen LogP contribution in [0.2, 0.25) is 0 Å². The van der Waals surface area contributed by atoms with E-state index in [1.807, 2.05) is 0 Å². The maximum atomic E-state index is 11.5. The van der Waals surface area contributed by atoms with Crippen LogP contribution in [0.15, 0.2) is 18.6 Å². The molecular weight excluding hydrogens is 288 g/mol. The Morgan fingerprint density at radius 3 is 3.00 bits per heavy atom. The first-order chi connectivity index (χ1) is 10.1. The van der Waals surface area contributed by atoms with Crippen molar-refractivity contribution in [3.8, 4) is 11.4 Å². The summed E-state index contributed by atoms with van der Waals surface area (Å²) in [7, 11) is 0. The van der Waals surface area contributed by atoms with E-state index >= 15 is 0 Å². The summed E-state index contributed by atoms with van der Waals surface area (Å²) in [5.74, 6) is -0.361. The van der Waals surface area contributed by atoms with Crippen molar-refractivity contribution >= 4 is 22.4 Å². The molecule has 1 aliphatic heterocycles. The van der Waals surface area contributed by atoms with Crippen molar-refractivity contribution in [3.63, 3.8) is 0 Å². The van der Waals surface area contributed by atoms with E-state index in [-0.39, 0.29) is 4.88 Å². The van der Waals surface area contributed by atoms with Gasteiger partial charge in [0, 0.05) is 25.5 Å². The van der Waals surface area contributed by atoms with Crippen LogP contribution in [0.1, 0.15) is 29.4 Å². The molecule has 1 atom stereocenters. The van der Waals surface area contributed by atoms with Gasteiger partial charge in [0.05, 0.1) is 6.20 Å². The van der Waals surface area contributed by atoms with Gasteiger partial charge in [0.25, 0.3) is 0 Å². The Kier molecular flexibility index (Phi) is 3.83. The van der Waals surface area contributed by atoms with Gasteiger partial charge in [-0.05, 0) is 18.8 Å². The number of thiazole rings is 1. The lowest BCUT2D eigenvalue weighted by Crippen LogP contribution is -2.34.